The Bertz CT molecular complexity index is 860. The van der Waals surface area contributed by atoms with Crippen LogP contribution in [0.4, 0.5) is 0 Å². The zero-order valence-electron chi connectivity index (χ0n) is 15.8. The molecule has 7 heteroatoms. The Morgan fingerprint density at radius 3 is 2.14 bits per heavy atom. The molecule has 3 aromatic rings. The van der Waals surface area contributed by atoms with Crippen molar-refractivity contribution in [3.63, 3.8) is 0 Å². The van der Waals surface area contributed by atoms with Gasteiger partial charge < -0.3 is 4.90 Å². The Balaban J connectivity index is 1.40. The predicted molar refractivity (Wildman–Crippen MR) is 105 cm³/mol. The average Bonchev–Trinajstić information content (AvgIpc) is 3.28. The lowest BCUT2D eigenvalue weighted by Crippen LogP contribution is -2.50. The molecule has 0 N–H and O–H groups in total. The highest BCUT2D eigenvalue weighted by molar-refractivity contribution is 5.80. The molecule has 28 heavy (non-hydrogen) atoms. The van der Waals surface area contributed by atoms with Crippen LogP contribution in [-0.2, 0) is 17.8 Å². The number of piperazine rings is 1. The topological polar surface area (TPSA) is 67.2 Å². The van der Waals surface area contributed by atoms with Gasteiger partial charge >= 0.3 is 0 Å². The number of benzene rings is 2. The first-order valence-corrected chi connectivity index (χ1v) is 9.61. The van der Waals surface area contributed by atoms with E-state index in [0.29, 0.717) is 6.42 Å². The van der Waals surface area contributed by atoms with E-state index >= 15 is 0 Å². The van der Waals surface area contributed by atoms with Crippen LogP contribution in [0.5, 0.6) is 0 Å². The molecule has 0 aliphatic carbocycles. The second kappa shape index (κ2) is 8.75. The van der Waals surface area contributed by atoms with E-state index in [2.05, 4.69) is 44.7 Å². The SMILES string of the molecule is O=C([C@@H](Cc1ccccc1)n1cnnn1)N1CCN(Cc2ccccc2)CC1. The predicted octanol–water partition coefficient (Wildman–Crippen LogP) is 1.80. The van der Waals surface area contributed by atoms with Crippen LogP contribution in [0.3, 0.4) is 0 Å². The van der Waals surface area contributed by atoms with Gasteiger partial charge in [0.2, 0.25) is 5.91 Å². The fourth-order valence-electron chi connectivity index (χ4n) is 3.62. The molecule has 1 fully saturated rings. The molecule has 0 spiro atoms. The summed E-state index contributed by atoms with van der Waals surface area (Å²) in [5.74, 6) is 0.0792. The number of hydrogen-bond acceptors (Lipinski definition) is 5. The molecular formula is C21H24N6O. The Morgan fingerprint density at radius 1 is 0.893 bits per heavy atom. The largest absolute Gasteiger partial charge is 0.338 e. The molecule has 1 saturated heterocycles. The standard InChI is InChI=1S/C21H24N6O/c28-21(20(27-17-22-23-24-27)15-18-7-3-1-4-8-18)26-13-11-25(12-14-26)16-19-9-5-2-6-10-19/h1-10,17,20H,11-16H2/t20-/m1/s1. The highest BCUT2D eigenvalue weighted by Crippen LogP contribution is 2.18. The first-order chi connectivity index (χ1) is 13.8. The summed E-state index contributed by atoms with van der Waals surface area (Å²) < 4.78 is 1.58. The molecule has 1 atom stereocenters. The number of carbonyl (C=O) groups is 1. The highest BCUT2D eigenvalue weighted by atomic mass is 16.2. The second-order valence-electron chi connectivity index (χ2n) is 7.08. The fourth-order valence-corrected chi connectivity index (χ4v) is 3.62. The number of nitrogens with zero attached hydrogens (tertiary/aromatic N) is 6. The normalized spacial score (nSPS) is 16.1. The van der Waals surface area contributed by atoms with Crippen LogP contribution in [-0.4, -0.2) is 62.1 Å². The molecule has 4 rings (SSSR count). The van der Waals surface area contributed by atoms with Crippen molar-refractivity contribution in [2.24, 2.45) is 0 Å². The van der Waals surface area contributed by atoms with Crippen LogP contribution in [0, 0.1) is 0 Å². The molecule has 1 aliphatic rings. The first-order valence-electron chi connectivity index (χ1n) is 9.61. The average molecular weight is 376 g/mol. The van der Waals surface area contributed by atoms with Crippen LogP contribution in [0.2, 0.25) is 0 Å². The maximum Gasteiger partial charge on any atom is 0.248 e. The van der Waals surface area contributed by atoms with Gasteiger partial charge in [0.25, 0.3) is 0 Å². The molecule has 0 radical (unpaired) electrons. The van der Waals surface area contributed by atoms with Gasteiger partial charge in [0.1, 0.15) is 12.4 Å². The molecule has 144 valence electrons. The Labute approximate surface area is 164 Å². The lowest BCUT2D eigenvalue weighted by atomic mass is 10.0. The quantitative estimate of drug-likeness (QED) is 0.656. The third-order valence-electron chi connectivity index (χ3n) is 5.17. The Morgan fingerprint density at radius 2 is 1.54 bits per heavy atom. The van der Waals surface area contributed by atoms with Gasteiger partial charge in [0, 0.05) is 39.1 Å². The third-order valence-corrected chi connectivity index (χ3v) is 5.17. The van der Waals surface area contributed by atoms with E-state index in [1.165, 1.54) is 11.9 Å². The molecule has 2 heterocycles. The number of rotatable bonds is 6. The summed E-state index contributed by atoms with van der Waals surface area (Å²) in [6, 6.07) is 20.0. The van der Waals surface area contributed by atoms with E-state index in [0.717, 1.165) is 38.3 Å². The van der Waals surface area contributed by atoms with Crippen molar-refractivity contribution in [1.29, 1.82) is 0 Å². The number of amides is 1. The lowest BCUT2D eigenvalue weighted by Gasteiger charge is -2.36. The highest BCUT2D eigenvalue weighted by Gasteiger charge is 2.29. The van der Waals surface area contributed by atoms with Crippen LogP contribution < -0.4 is 0 Å². The van der Waals surface area contributed by atoms with Crippen molar-refractivity contribution in [2.75, 3.05) is 26.2 Å². The van der Waals surface area contributed by atoms with Crippen LogP contribution in [0.15, 0.2) is 67.0 Å². The molecule has 0 unspecified atom stereocenters. The molecule has 2 aromatic carbocycles. The van der Waals surface area contributed by atoms with Crippen molar-refractivity contribution in [1.82, 2.24) is 30.0 Å². The van der Waals surface area contributed by atoms with Crippen LogP contribution in [0.1, 0.15) is 17.2 Å². The van der Waals surface area contributed by atoms with E-state index in [1.807, 2.05) is 41.3 Å². The van der Waals surface area contributed by atoms with Crippen LogP contribution >= 0.6 is 0 Å². The minimum atomic E-state index is -0.418. The fraction of sp³-hybridized carbons (Fsp3) is 0.333. The first kappa shape index (κ1) is 18.3. The number of carbonyl (C=O) groups excluding carboxylic acids is 1. The summed E-state index contributed by atoms with van der Waals surface area (Å²) >= 11 is 0. The molecule has 1 aromatic heterocycles. The molecule has 0 saturated carbocycles. The third kappa shape index (κ3) is 4.43. The molecule has 1 aliphatic heterocycles. The van der Waals surface area contributed by atoms with Gasteiger partial charge in [-0.15, -0.1) is 5.10 Å². The maximum absolute atomic E-state index is 13.3. The number of aromatic nitrogens is 4. The summed E-state index contributed by atoms with van der Waals surface area (Å²) in [4.78, 5) is 17.6. The van der Waals surface area contributed by atoms with Crippen molar-refractivity contribution in [2.45, 2.75) is 19.0 Å². The van der Waals surface area contributed by atoms with Gasteiger partial charge in [0.05, 0.1) is 0 Å². The Hall–Kier alpha value is -3.06. The summed E-state index contributed by atoms with van der Waals surface area (Å²) in [5.41, 5.74) is 2.40. The smallest absolute Gasteiger partial charge is 0.248 e. The van der Waals surface area contributed by atoms with Gasteiger partial charge in [0.15, 0.2) is 0 Å². The van der Waals surface area contributed by atoms with Gasteiger partial charge in [-0.3, -0.25) is 9.69 Å². The van der Waals surface area contributed by atoms with Crippen molar-refractivity contribution in [3.05, 3.63) is 78.1 Å². The van der Waals surface area contributed by atoms with E-state index < -0.39 is 6.04 Å². The van der Waals surface area contributed by atoms with Gasteiger partial charge in [-0.25, -0.2) is 4.68 Å². The van der Waals surface area contributed by atoms with E-state index in [4.69, 9.17) is 0 Å². The number of tetrazole rings is 1. The monoisotopic (exact) mass is 376 g/mol. The van der Waals surface area contributed by atoms with E-state index in [9.17, 15) is 4.79 Å². The van der Waals surface area contributed by atoms with Gasteiger partial charge in [-0.2, -0.15) is 0 Å². The summed E-state index contributed by atoms with van der Waals surface area (Å²) in [7, 11) is 0. The maximum atomic E-state index is 13.3. The van der Waals surface area contributed by atoms with Crippen molar-refractivity contribution >= 4 is 5.91 Å². The summed E-state index contributed by atoms with van der Waals surface area (Å²) in [6.45, 7) is 4.10. The second-order valence-corrected chi connectivity index (χ2v) is 7.08. The molecular weight excluding hydrogens is 352 g/mol. The molecule has 1 amide bonds. The van der Waals surface area contributed by atoms with Gasteiger partial charge in [-0.05, 0) is 21.6 Å². The molecule has 7 nitrogen and oxygen atoms in total. The van der Waals surface area contributed by atoms with Crippen molar-refractivity contribution < 1.29 is 4.79 Å². The van der Waals surface area contributed by atoms with Crippen molar-refractivity contribution in [3.8, 4) is 0 Å². The summed E-state index contributed by atoms with van der Waals surface area (Å²) in [5, 5.41) is 11.4. The molecule has 0 bridgehead atoms. The van der Waals surface area contributed by atoms with E-state index in [1.54, 1.807) is 4.68 Å². The lowest BCUT2D eigenvalue weighted by molar-refractivity contribution is -0.137. The van der Waals surface area contributed by atoms with Crippen LogP contribution in [0.25, 0.3) is 0 Å². The van der Waals surface area contributed by atoms with Gasteiger partial charge in [-0.1, -0.05) is 60.7 Å². The summed E-state index contributed by atoms with van der Waals surface area (Å²) in [6.07, 6.45) is 2.10. The zero-order valence-corrected chi connectivity index (χ0v) is 15.8. The zero-order chi connectivity index (χ0) is 19.2. The number of hydrogen-bond donors (Lipinski definition) is 0. The minimum absolute atomic E-state index is 0.0792. The Kier molecular flexibility index (Phi) is 5.72. The minimum Gasteiger partial charge on any atom is -0.338 e. The van der Waals surface area contributed by atoms with E-state index in [-0.39, 0.29) is 5.91 Å².